The third kappa shape index (κ3) is 1.58. The molecule has 10 nitrogen and oxygen atoms in total. The Bertz CT molecular complexity index is 507. The summed E-state index contributed by atoms with van der Waals surface area (Å²) in [7, 11) is 0. The van der Waals surface area contributed by atoms with Crippen molar-refractivity contribution in [2.24, 2.45) is 11.5 Å². The average molecular weight is 224 g/mol. The highest BCUT2D eigenvalue weighted by Crippen LogP contribution is 2.11. The molecule has 82 valence electrons. The number of hydrogen-bond donors (Lipinski definition) is 2. The van der Waals surface area contributed by atoms with Gasteiger partial charge in [0.15, 0.2) is 0 Å². The van der Waals surface area contributed by atoms with Crippen LogP contribution in [0.5, 0.6) is 0 Å². The van der Waals surface area contributed by atoms with Gasteiger partial charge in [0.1, 0.15) is 0 Å². The molecule has 0 fully saturated rings. The lowest BCUT2D eigenvalue weighted by Gasteiger charge is -1.79. The molecular formula is C6H4N6O4. The predicted molar refractivity (Wildman–Crippen MR) is 44.6 cm³/mol. The van der Waals surface area contributed by atoms with Gasteiger partial charge in [-0.3, -0.25) is 9.59 Å². The van der Waals surface area contributed by atoms with E-state index in [0.29, 0.717) is 0 Å². The fraction of sp³-hybridized carbons (Fsp3) is 0. The van der Waals surface area contributed by atoms with E-state index in [2.05, 4.69) is 29.3 Å². The van der Waals surface area contributed by atoms with E-state index in [0.717, 1.165) is 0 Å². The summed E-state index contributed by atoms with van der Waals surface area (Å²) in [5, 5.41) is 6.71. The Kier molecular flexibility index (Phi) is 2.08. The molecule has 0 unspecified atom stereocenters. The maximum Gasteiger partial charge on any atom is 0.316 e. The minimum absolute atomic E-state index is 0.134. The molecule has 2 amide bonds. The summed E-state index contributed by atoms with van der Waals surface area (Å²) in [4.78, 5) is 28.4. The van der Waals surface area contributed by atoms with Gasteiger partial charge in [-0.05, 0) is 0 Å². The van der Waals surface area contributed by atoms with Crippen LogP contribution in [-0.2, 0) is 0 Å². The van der Waals surface area contributed by atoms with Crippen molar-refractivity contribution in [3.05, 3.63) is 11.8 Å². The number of aromatic nitrogens is 4. The molecule has 2 rings (SSSR count). The van der Waals surface area contributed by atoms with E-state index in [-0.39, 0.29) is 11.6 Å². The molecule has 0 aliphatic rings. The summed E-state index contributed by atoms with van der Waals surface area (Å²) >= 11 is 0. The maximum atomic E-state index is 10.6. The zero-order valence-corrected chi connectivity index (χ0v) is 7.58. The Balaban J connectivity index is 2.35. The topological polar surface area (TPSA) is 164 Å². The Morgan fingerprint density at radius 2 is 1.25 bits per heavy atom. The van der Waals surface area contributed by atoms with Crippen LogP contribution in [0.3, 0.4) is 0 Å². The van der Waals surface area contributed by atoms with E-state index in [1.807, 2.05) is 0 Å². The second-order valence-electron chi connectivity index (χ2n) is 2.57. The van der Waals surface area contributed by atoms with Crippen LogP contribution in [0, 0.1) is 0 Å². The molecule has 0 bridgehead atoms. The number of amides is 2. The predicted octanol–water partition coefficient (Wildman–Crippen LogP) is -1.68. The van der Waals surface area contributed by atoms with Gasteiger partial charge in [0, 0.05) is 0 Å². The normalized spacial score (nSPS) is 10.2. The van der Waals surface area contributed by atoms with Crippen molar-refractivity contribution in [3.63, 3.8) is 0 Å². The average Bonchev–Trinajstić information content (AvgIpc) is 2.86. The van der Waals surface area contributed by atoms with Crippen molar-refractivity contribution in [3.8, 4) is 11.6 Å². The number of rotatable bonds is 3. The molecule has 0 atom stereocenters. The summed E-state index contributed by atoms with van der Waals surface area (Å²) in [5.41, 5.74) is 9.77. The minimum atomic E-state index is -0.891. The molecule has 0 aliphatic heterocycles. The van der Waals surface area contributed by atoms with Crippen molar-refractivity contribution in [2.75, 3.05) is 0 Å². The molecule has 10 heteroatoms. The van der Waals surface area contributed by atoms with Crippen LogP contribution in [-0.4, -0.2) is 32.1 Å². The van der Waals surface area contributed by atoms with E-state index >= 15 is 0 Å². The van der Waals surface area contributed by atoms with Crippen molar-refractivity contribution in [1.82, 2.24) is 20.3 Å². The summed E-state index contributed by atoms with van der Waals surface area (Å²) in [6, 6.07) is 0. The molecule has 2 aromatic rings. The van der Waals surface area contributed by atoms with Crippen LogP contribution in [0.4, 0.5) is 0 Å². The first-order valence-corrected chi connectivity index (χ1v) is 3.85. The van der Waals surface area contributed by atoms with Crippen molar-refractivity contribution < 1.29 is 18.6 Å². The molecule has 2 aromatic heterocycles. The van der Waals surface area contributed by atoms with Crippen molar-refractivity contribution >= 4 is 11.8 Å². The van der Waals surface area contributed by atoms with Crippen LogP contribution in [0.15, 0.2) is 9.05 Å². The summed E-state index contributed by atoms with van der Waals surface area (Å²) in [5.74, 6) is -2.86. The molecule has 0 aromatic carbocycles. The number of hydrogen-bond acceptors (Lipinski definition) is 8. The smallest absolute Gasteiger partial charge is 0.316 e. The molecule has 0 aliphatic carbocycles. The molecule has 0 radical (unpaired) electrons. The third-order valence-electron chi connectivity index (χ3n) is 1.47. The fourth-order valence-electron chi connectivity index (χ4n) is 0.829. The van der Waals surface area contributed by atoms with E-state index in [9.17, 15) is 9.59 Å². The van der Waals surface area contributed by atoms with Gasteiger partial charge in [-0.25, -0.2) is 0 Å². The number of nitrogens with two attached hydrogens (primary N) is 2. The highest BCUT2D eigenvalue weighted by atomic mass is 16.5. The number of nitrogens with zero attached hydrogens (tertiary/aromatic N) is 4. The van der Waals surface area contributed by atoms with Crippen molar-refractivity contribution in [1.29, 1.82) is 0 Å². The molecule has 0 saturated heterocycles. The van der Waals surface area contributed by atoms with Crippen LogP contribution in [0.1, 0.15) is 21.4 Å². The Labute approximate surface area is 86.6 Å². The first kappa shape index (κ1) is 9.76. The van der Waals surface area contributed by atoms with Gasteiger partial charge in [-0.1, -0.05) is 10.3 Å². The first-order valence-electron chi connectivity index (χ1n) is 3.85. The third-order valence-corrected chi connectivity index (χ3v) is 1.47. The van der Waals surface area contributed by atoms with Crippen LogP contribution < -0.4 is 11.5 Å². The molecule has 4 N–H and O–H groups in total. The maximum absolute atomic E-state index is 10.6. The van der Waals surface area contributed by atoms with E-state index in [1.165, 1.54) is 0 Å². The molecule has 2 heterocycles. The second-order valence-corrected chi connectivity index (χ2v) is 2.57. The molecule has 16 heavy (non-hydrogen) atoms. The Hall–Kier alpha value is -2.78. The van der Waals surface area contributed by atoms with Gasteiger partial charge in [-0.2, -0.15) is 9.97 Å². The minimum Gasteiger partial charge on any atom is -0.361 e. The monoisotopic (exact) mass is 224 g/mol. The summed E-state index contributed by atoms with van der Waals surface area (Å²) in [6.45, 7) is 0. The first-order chi connectivity index (χ1) is 7.58. The van der Waals surface area contributed by atoms with Gasteiger partial charge in [-0.15, -0.1) is 0 Å². The Morgan fingerprint density at radius 1 is 0.875 bits per heavy atom. The summed E-state index contributed by atoms with van der Waals surface area (Å²) < 4.78 is 8.95. The second kappa shape index (κ2) is 3.42. The fourth-order valence-corrected chi connectivity index (χ4v) is 0.829. The molecular weight excluding hydrogens is 220 g/mol. The van der Waals surface area contributed by atoms with Gasteiger partial charge < -0.3 is 20.5 Å². The van der Waals surface area contributed by atoms with Gasteiger partial charge in [0.05, 0.1) is 0 Å². The van der Waals surface area contributed by atoms with Crippen LogP contribution in [0.25, 0.3) is 11.6 Å². The number of carbonyl (C=O) groups excluding carboxylic acids is 2. The lowest BCUT2D eigenvalue weighted by molar-refractivity contribution is 0.0951. The zero-order chi connectivity index (χ0) is 11.7. The molecule has 0 saturated carbocycles. The van der Waals surface area contributed by atoms with Crippen LogP contribution in [0.2, 0.25) is 0 Å². The lowest BCUT2D eigenvalue weighted by Crippen LogP contribution is -2.11. The largest absolute Gasteiger partial charge is 0.361 e. The number of carbonyl (C=O) groups is 2. The lowest BCUT2D eigenvalue weighted by atomic mass is 10.5. The highest BCUT2D eigenvalue weighted by Gasteiger charge is 2.19. The molecule has 0 spiro atoms. The van der Waals surface area contributed by atoms with Crippen molar-refractivity contribution in [2.45, 2.75) is 0 Å². The highest BCUT2D eigenvalue weighted by molar-refractivity contribution is 5.89. The van der Waals surface area contributed by atoms with E-state index < -0.39 is 23.6 Å². The number of primary amides is 2. The standard InChI is InChI=1S/C6H4N6O4/c7-1(13)5-9-3(11-15-5)4-10-6(2(8)14)16-12-4/h(H2,7,13)(H2,8,14). The SMILES string of the molecule is NC(=O)c1nc(-c2noc(C(N)=O)n2)no1. The van der Waals surface area contributed by atoms with E-state index in [1.54, 1.807) is 0 Å². The summed E-state index contributed by atoms with van der Waals surface area (Å²) in [6.07, 6.45) is 0. The van der Waals surface area contributed by atoms with Gasteiger partial charge in [0.2, 0.25) is 11.6 Å². The van der Waals surface area contributed by atoms with Gasteiger partial charge >= 0.3 is 23.6 Å². The Morgan fingerprint density at radius 3 is 1.50 bits per heavy atom. The van der Waals surface area contributed by atoms with E-state index in [4.69, 9.17) is 11.5 Å². The van der Waals surface area contributed by atoms with Gasteiger partial charge in [0.25, 0.3) is 0 Å². The zero-order valence-electron chi connectivity index (χ0n) is 7.58. The van der Waals surface area contributed by atoms with Crippen LogP contribution >= 0.6 is 0 Å². The quantitative estimate of drug-likeness (QED) is 0.623.